The minimum atomic E-state index is 0.0962. The highest BCUT2D eigenvalue weighted by Gasteiger charge is 2.13. The maximum atomic E-state index is 6.07. The number of nitrogens with two attached hydrogens (primary N) is 1. The van der Waals surface area contributed by atoms with Crippen LogP contribution in [0, 0.1) is 0 Å². The highest BCUT2D eigenvalue weighted by Crippen LogP contribution is 2.27. The third kappa shape index (κ3) is 3.39. The summed E-state index contributed by atoms with van der Waals surface area (Å²) < 4.78 is 0. The topological polar surface area (TPSA) is 63.8 Å². The molecule has 0 spiro atoms. The second-order valence-electron chi connectivity index (χ2n) is 4.72. The first-order valence-electron chi connectivity index (χ1n) is 6.75. The van der Waals surface area contributed by atoms with E-state index in [1.165, 1.54) is 5.56 Å². The maximum Gasteiger partial charge on any atom is 0.157 e. The van der Waals surface area contributed by atoms with Gasteiger partial charge in [0.25, 0.3) is 0 Å². The first-order chi connectivity index (χ1) is 9.61. The van der Waals surface area contributed by atoms with Crippen LogP contribution in [0.5, 0.6) is 0 Å². The monoisotopic (exact) mass is 290 g/mol. The average molecular weight is 291 g/mol. The maximum absolute atomic E-state index is 6.07. The number of nitrogens with one attached hydrogen (secondary N) is 1. The Balaban J connectivity index is 2.24. The molecule has 20 heavy (non-hydrogen) atoms. The van der Waals surface area contributed by atoms with Crippen molar-refractivity contribution in [1.82, 2.24) is 9.97 Å². The van der Waals surface area contributed by atoms with E-state index in [4.69, 9.17) is 17.3 Å². The normalized spacial score (nSPS) is 12.2. The van der Waals surface area contributed by atoms with Gasteiger partial charge in [0.1, 0.15) is 11.5 Å². The second kappa shape index (κ2) is 6.57. The quantitative estimate of drug-likeness (QED) is 0.821. The van der Waals surface area contributed by atoms with Crippen LogP contribution in [0.25, 0.3) is 0 Å². The van der Waals surface area contributed by atoms with Crippen LogP contribution in [0.3, 0.4) is 0 Å². The van der Waals surface area contributed by atoms with Crippen LogP contribution in [-0.4, -0.2) is 9.97 Å². The van der Waals surface area contributed by atoms with Gasteiger partial charge in [0, 0.05) is 6.42 Å². The zero-order valence-corrected chi connectivity index (χ0v) is 12.5. The Morgan fingerprint density at radius 2 is 1.95 bits per heavy atom. The summed E-state index contributed by atoms with van der Waals surface area (Å²) in [6, 6.07) is 10.2. The molecule has 1 heterocycles. The third-order valence-corrected chi connectivity index (χ3v) is 3.36. The van der Waals surface area contributed by atoms with Crippen LogP contribution in [0.2, 0.25) is 5.15 Å². The van der Waals surface area contributed by atoms with Crippen molar-refractivity contribution >= 4 is 23.1 Å². The molecule has 106 valence electrons. The van der Waals surface area contributed by atoms with E-state index in [1.807, 2.05) is 18.2 Å². The number of hydrogen-bond acceptors (Lipinski definition) is 4. The first kappa shape index (κ1) is 14.6. The Labute approximate surface area is 124 Å². The smallest absolute Gasteiger partial charge is 0.157 e. The van der Waals surface area contributed by atoms with Crippen LogP contribution in [0.4, 0.5) is 11.5 Å². The molecule has 0 fully saturated rings. The number of nitrogen functional groups attached to an aromatic ring is 1. The lowest BCUT2D eigenvalue weighted by atomic mass is 10.1. The number of aromatic nitrogens is 2. The molecule has 4 nitrogen and oxygen atoms in total. The van der Waals surface area contributed by atoms with E-state index in [1.54, 1.807) is 0 Å². The molecule has 0 amide bonds. The van der Waals surface area contributed by atoms with Crippen molar-refractivity contribution in [3.63, 3.8) is 0 Å². The van der Waals surface area contributed by atoms with E-state index in [0.717, 1.165) is 18.7 Å². The molecule has 0 bridgehead atoms. The number of aryl methyl sites for hydroxylation is 1. The van der Waals surface area contributed by atoms with Crippen LogP contribution in [-0.2, 0) is 6.42 Å². The Hall–Kier alpha value is -1.81. The van der Waals surface area contributed by atoms with Gasteiger partial charge >= 0.3 is 0 Å². The molecule has 0 saturated heterocycles. The fourth-order valence-corrected chi connectivity index (χ4v) is 2.15. The number of anilines is 2. The summed E-state index contributed by atoms with van der Waals surface area (Å²) >= 11 is 6.07. The SMILES string of the molecule is CCCc1nc(Cl)c(N)c(NC(C)c2ccccc2)n1. The molecule has 3 N–H and O–H groups in total. The summed E-state index contributed by atoms with van der Waals surface area (Å²) in [7, 11) is 0. The summed E-state index contributed by atoms with van der Waals surface area (Å²) in [6.07, 6.45) is 1.75. The second-order valence-corrected chi connectivity index (χ2v) is 5.08. The van der Waals surface area contributed by atoms with Crippen LogP contribution in [0.15, 0.2) is 30.3 Å². The molecule has 2 rings (SSSR count). The van der Waals surface area contributed by atoms with E-state index in [0.29, 0.717) is 16.7 Å². The van der Waals surface area contributed by atoms with Crippen molar-refractivity contribution in [3.05, 3.63) is 46.9 Å². The van der Waals surface area contributed by atoms with E-state index in [-0.39, 0.29) is 6.04 Å². The summed E-state index contributed by atoms with van der Waals surface area (Å²) in [5.74, 6) is 1.32. The number of hydrogen-bond donors (Lipinski definition) is 2. The predicted molar refractivity (Wildman–Crippen MR) is 83.9 cm³/mol. The predicted octanol–water partition coefficient (Wildman–Crippen LogP) is 3.84. The number of benzene rings is 1. The molecule has 1 aromatic heterocycles. The fourth-order valence-electron chi connectivity index (χ4n) is 1.96. The Kier molecular flexibility index (Phi) is 4.79. The van der Waals surface area contributed by atoms with Gasteiger partial charge in [0.2, 0.25) is 0 Å². The zero-order chi connectivity index (χ0) is 14.5. The third-order valence-electron chi connectivity index (χ3n) is 3.07. The van der Waals surface area contributed by atoms with Crippen molar-refractivity contribution in [1.29, 1.82) is 0 Å². The van der Waals surface area contributed by atoms with E-state index in [9.17, 15) is 0 Å². The summed E-state index contributed by atoms with van der Waals surface area (Å²) in [4.78, 5) is 8.65. The molecule has 0 saturated carbocycles. The molecule has 0 aliphatic rings. The Morgan fingerprint density at radius 3 is 2.60 bits per heavy atom. The van der Waals surface area contributed by atoms with Crippen LogP contribution < -0.4 is 11.1 Å². The largest absolute Gasteiger partial charge is 0.393 e. The lowest BCUT2D eigenvalue weighted by molar-refractivity contribution is 0.820. The van der Waals surface area contributed by atoms with Gasteiger partial charge in [-0.2, -0.15) is 0 Å². The molecular weight excluding hydrogens is 272 g/mol. The highest BCUT2D eigenvalue weighted by molar-refractivity contribution is 6.32. The van der Waals surface area contributed by atoms with Crippen LogP contribution >= 0.6 is 11.6 Å². The standard InChI is InChI=1S/C15H19ClN4/c1-3-7-12-19-14(16)13(17)15(20-12)18-10(2)11-8-5-4-6-9-11/h4-6,8-10H,3,7,17H2,1-2H3,(H,18,19,20). The van der Waals surface area contributed by atoms with E-state index >= 15 is 0 Å². The Morgan fingerprint density at radius 1 is 1.25 bits per heavy atom. The summed E-state index contributed by atoms with van der Waals surface area (Å²) in [6.45, 7) is 4.14. The van der Waals surface area contributed by atoms with Gasteiger partial charge in [-0.25, -0.2) is 9.97 Å². The number of nitrogens with zero attached hydrogens (tertiary/aromatic N) is 2. The van der Waals surface area contributed by atoms with Gasteiger partial charge in [-0.3, -0.25) is 0 Å². The van der Waals surface area contributed by atoms with Gasteiger partial charge < -0.3 is 11.1 Å². The average Bonchev–Trinajstić information content (AvgIpc) is 2.45. The molecule has 0 aliphatic heterocycles. The molecule has 5 heteroatoms. The van der Waals surface area contributed by atoms with Crippen molar-refractivity contribution in [2.75, 3.05) is 11.1 Å². The lowest BCUT2D eigenvalue weighted by Crippen LogP contribution is -2.12. The van der Waals surface area contributed by atoms with Crippen molar-refractivity contribution in [2.24, 2.45) is 0 Å². The van der Waals surface area contributed by atoms with Gasteiger partial charge in [-0.1, -0.05) is 48.9 Å². The molecular formula is C15H19ClN4. The summed E-state index contributed by atoms with van der Waals surface area (Å²) in [5, 5.41) is 3.62. The number of rotatable bonds is 5. The molecule has 1 unspecified atom stereocenters. The highest BCUT2D eigenvalue weighted by atomic mass is 35.5. The van der Waals surface area contributed by atoms with Gasteiger partial charge in [0.05, 0.1) is 6.04 Å². The van der Waals surface area contributed by atoms with Crippen molar-refractivity contribution in [2.45, 2.75) is 32.7 Å². The van der Waals surface area contributed by atoms with Crippen molar-refractivity contribution in [3.8, 4) is 0 Å². The number of halogens is 1. The van der Waals surface area contributed by atoms with Crippen LogP contribution in [0.1, 0.15) is 37.7 Å². The first-order valence-corrected chi connectivity index (χ1v) is 7.13. The van der Waals surface area contributed by atoms with Gasteiger partial charge in [0.15, 0.2) is 11.0 Å². The molecule has 1 aromatic carbocycles. The molecule has 2 aromatic rings. The minimum Gasteiger partial charge on any atom is -0.393 e. The fraction of sp³-hybridized carbons (Fsp3) is 0.333. The summed E-state index contributed by atoms with van der Waals surface area (Å²) in [5.41, 5.74) is 7.52. The molecule has 1 atom stereocenters. The van der Waals surface area contributed by atoms with Gasteiger partial charge in [-0.15, -0.1) is 0 Å². The van der Waals surface area contributed by atoms with Crippen molar-refractivity contribution < 1.29 is 0 Å². The lowest BCUT2D eigenvalue weighted by Gasteiger charge is -2.17. The van der Waals surface area contributed by atoms with E-state index in [2.05, 4.69) is 41.3 Å². The minimum absolute atomic E-state index is 0.0962. The molecule has 0 radical (unpaired) electrons. The van der Waals surface area contributed by atoms with Gasteiger partial charge in [-0.05, 0) is 18.9 Å². The zero-order valence-electron chi connectivity index (χ0n) is 11.7. The molecule has 0 aliphatic carbocycles. The Bertz CT molecular complexity index is 572. The van der Waals surface area contributed by atoms with E-state index < -0.39 is 0 Å².